The van der Waals surface area contributed by atoms with Gasteiger partial charge in [0.2, 0.25) is 11.0 Å². The van der Waals surface area contributed by atoms with Gasteiger partial charge in [0.15, 0.2) is 4.34 Å². The molecule has 2 atom stereocenters. The molecule has 1 aromatic heterocycles. The molecule has 0 spiro atoms. The molecule has 1 aliphatic carbocycles. The van der Waals surface area contributed by atoms with Crippen LogP contribution < -0.4 is 5.32 Å². The maximum absolute atomic E-state index is 12.3. The Morgan fingerprint density at radius 3 is 2.77 bits per heavy atom. The quantitative estimate of drug-likeness (QED) is 0.609. The molecule has 1 saturated carbocycles. The van der Waals surface area contributed by atoms with Crippen molar-refractivity contribution in [1.29, 1.82) is 0 Å². The van der Waals surface area contributed by atoms with Crippen molar-refractivity contribution in [2.45, 2.75) is 23.6 Å². The maximum atomic E-state index is 12.3. The molecule has 8 heteroatoms. The zero-order valence-electron chi connectivity index (χ0n) is 11.7. The van der Waals surface area contributed by atoms with Crippen LogP contribution in [-0.4, -0.2) is 21.9 Å². The van der Waals surface area contributed by atoms with E-state index in [1.807, 2.05) is 12.1 Å². The van der Waals surface area contributed by atoms with Gasteiger partial charge in [-0.2, -0.15) is 0 Å². The predicted molar refractivity (Wildman–Crippen MR) is 92.2 cm³/mol. The summed E-state index contributed by atoms with van der Waals surface area (Å²) in [6.45, 7) is 2.05. The van der Waals surface area contributed by atoms with Gasteiger partial charge in [-0.3, -0.25) is 4.79 Å². The van der Waals surface area contributed by atoms with Gasteiger partial charge in [0.1, 0.15) is 0 Å². The first kappa shape index (κ1) is 16.1. The number of nitrogens with zero attached hydrogens (tertiary/aromatic N) is 2. The Bertz CT molecular complexity index is 687. The monoisotopic (exact) mass is 373 g/mol. The SMILES string of the molecule is CCSc1nnc(NC(=O)[C@H]2C[C@H]2c2cc(Cl)cc(Cl)c2)s1. The molecule has 0 aliphatic heterocycles. The number of carbonyl (C=O) groups is 1. The second-order valence-corrected chi connectivity index (χ2v) is 8.31. The number of hydrogen-bond acceptors (Lipinski definition) is 5. The van der Waals surface area contributed by atoms with E-state index in [1.54, 1.807) is 17.8 Å². The molecular formula is C14H13Cl2N3OS2. The maximum Gasteiger partial charge on any atom is 0.229 e. The van der Waals surface area contributed by atoms with Crippen molar-refractivity contribution < 1.29 is 4.79 Å². The fourth-order valence-electron chi connectivity index (χ4n) is 2.28. The van der Waals surface area contributed by atoms with Gasteiger partial charge in [0.05, 0.1) is 0 Å². The van der Waals surface area contributed by atoms with Crippen LogP contribution >= 0.6 is 46.3 Å². The number of carbonyl (C=O) groups excluding carboxylic acids is 1. The summed E-state index contributed by atoms with van der Waals surface area (Å²) >= 11 is 15.0. The van der Waals surface area contributed by atoms with E-state index in [-0.39, 0.29) is 17.7 Å². The minimum absolute atomic E-state index is 0.0229. The Morgan fingerprint density at radius 2 is 2.09 bits per heavy atom. The minimum Gasteiger partial charge on any atom is -0.300 e. The Morgan fingerprint density at radius 1 is 1.36 bits per heavy atom. The lowest BCUT2D eigenvalue weighted by molar-refractivity contribution is -0.117. The van der Waals surface area contributed by atoms with E-state index >= 15 is 0 Å². The molecule has 4 nitrogen and oxygen atoms in total. The molecule has 1 aromatic carbocycles. The molecule has 1 aliphatic rings. The molecule has 116 valence electrons. The number of nitrogens with one attached hydrogen (secondary N) is 1. The number of halogens is 2. The van der Waals surface area contributed by atoms with E-state index in [2.05, 4.69) is 22.4 Å². The molecule has 0 radical (unpaired) electrons. The average Bonchev–Trinajstić information content (AvgIpc) is 3.14. The Balaban J connectivity index is 1.62. The lowest BCUT2D eigenvalue weighted by Gasteiger charge is -2.03. The number of rotatable bonds is 5. The molecule has 1 N–H and O–H groups in total. The van der Waals surface area contributed by atoms with Crippen LogP contribution in [0.1, 0.15) is 24.8 Å². The van der Waals surface area contributed by atoms with E-state index in [9.17, 15) is 4.79 Å². The third-order valence-electron chi connectivity index (χ3n) is 3.34. The zero-order chi connectivity index (χ0) is 15.7. The number of aromatic nitrogens is 2. The second kappa shape index (κ2) is 6.74. The van der Waals surface area contributed by atoms with Gasteiger partial charge in [-0.05, 0) is 41.9 Å². The molecule has 1 heterocycles. The largest absolute Gasteiger partial charge is 0.300 e. The molecule has 1 fully saturated rings. The van der Waals surface area contributed by atoms with E-state index < -0.39 is 0 Å². The summed E-state index contributed by atoms with van der Waals surface area (Å²) in [5, 5.41) is 12.6. The lowest BCUT2D eigenvalue weighted by atomic mass is 10.1. The van der Waals surface area contributed by atoms with Crippen molar-refractivity contribution in [3.8, 4) is 0 Å². The highest BCUT2D eigenvalue weighted by atomic mass is 35.5. The van der Waals surface area contributed by atoms with Gasteiger partial charge in [-0.1, -0.05) is 53.2 Å². The molecule has 0 bridgehead atoms. The summed E-state index contributed by atoms with van der Waals surface area (Å²) in [7, 11) is 0. The topological polar surface area (TPSA) is 54.9 Å². The number of thioether (sulfide) groups is 1. The third-order valence-corrected chi connectivity index (χ3v) is 5.64. The van der Waals surface area contributed by atoms with Crippen molar-refractivity contribution >= 4 is 57.3 Å². The predicted octanol–water partition coefficient (Wildman–Crippen LogP) is 4.70. The van der Waals surface area contributed by atoms with Crippen LogP contribution in [0, 0.1) is 5.92 Å². The highest BCUT2D eigenvalue weighted by molar-refractivity contribution is 8.01. The van der Waals surface area contributed by atoms with Crippen LogP contribution in [0.25, 0.3) is 0 Å². The summed E-state index contributed by atoms with van der Waals surface area (Å²) in [5.41, 5.74) is 1.01. The van der Waals surface area contributed by atoms with Crippen LogP contribution in [0.3, 0.4) is 0 Å². The van der Waals surface area contributed by atoms with Gasteiger partial charge in [0.25, 0.3) is 0 Å². The highest BCUT2D eigenvalue weighted by Gasteiger charge is 2.44. The molecule has 1 amide bonds. The first-order valence-electron chi connectivity index (χ1n) is 6.80. The number of anilines is 1. The van der Waals surface area contributed by atoms with Crippen molar-refractivity contribution in [1.82, 2.24) is 10.2 Å². The van der Waals surface area contributed by atoms with Gasteiger partial charge in [0, 0.05) is 16.0 Å². The van der Waals surface area contributed by atoms with Crippen LogP contribution in [0.5, 0.6) is 0 Å². The number of hydrogen-bond donors (Lipinski definition) is 1. The summed E-state index contributed by atoms with van der Waals surface area (Å²) in [6, 6.07) is 5.43. The molecule has 0 unspecified atom stereocenters. The van der Waals surface area contributed by atoms with Gasteiger partial charge < -0.3 is 5.32 Å². The van der Waals surface area contributed by atoms with Crippen LogP contribution in [0.15, 0.2) is 22.5 Å². The second-order valence-electron chi connectivity index (χ2n) is 4.95. The first-order chi connectivity index (χ1) is 10.6. The van der Waals surface area contributed by atoms with Crippen LogP contribution in [-0.2, 0) is 4.79 Å². The van der Waals surface area contributed by atoms with Crippen LogP contribution in [0.4, 0.5) is 5.13 Å². The third kappa shape index (κ3) is 3.74. The van der Waals surface area contributed by atoms with Gasteiger partial charge >= 0.3 is 0 Å². The van der Waals surface area contributed by atoms with Crippen molar-refractivity contribution in [2.75, 3.05) is 11.1 Å². The molecule has 3 rings (SSSR count). The Labute approximate surface area is 146 Å². The summed E-state index contributed by atoms with van der Waals surface area (Å²) in [5.74, 6) is 1.03. The minimum atomic E-state index is -0.0549. The zero-order valence-corrected chi connectivity index (χ0v) is 14.8. The normalized spacial score (nSPS) is 20.0. The first-order valence-corrected chi connectivity index (χ1v) is 9.35. The van der Waals surface area contributed by atoms with Gasteiger partial charge in [-0.25, -0.2) is 0 Å². The fraction of sp³-hybridized carbons (Fsp3) is 0.357. The highest BCUT2D eigenvalue weighted by Crippen LogP contribution is 2.49. The van der Waals surface area contributed by atoms with Gasteiger partial charge in [-0.15, -0.1) is 10.2 Å². The van der Waals surface area contributed by atoms with E-state index in [0.717, 1.165) is 22.1 Å². The van der Waals surface area contributed by atoms with Crippen molar-refractivity contribution in [3.05, 3.63) is 33.8 Å². The van der Waals surface area contributed by atoms with E-state index in [0.29, 0.717) is 15.2 Å². The smallest absolute Gasteiger partial charge is 0.229 e. The average molecular weight is 374 g/mol. The Hall–Kier alpha value is -0.820. The summed E-state index contributed by atoms with van der Waals surface area (Å²) in [4.78, 5) is 12.3. The Kier molecular flexibility index (Phi) is 4.92. The molecule has 22 heavy (non-hydrogen) atoms. The number of amides is 1. The molecule has 2 aromatic rings. The molecular weight excluding hydrogens is 361 g/mol. The van der Waals surface area contributed by atoms with Crippen LogP contribution in [0.2, 0.25) is 10.0 Å². The molecule has 0 saturated heterocycles. The lowest BCUT2D eigenvalue weighted by Crippen LogP contribution is -2.14. The van der Waals surface area contributed by atoms with Crippen molar-refractivity contribution in [2.24, 2.45) is 5.92 Å². The fourth-order valence-corrected chi connectivity index (χ4v) is 4.48. The van der Waals surface area contributed by atoms with E-state index in [1.165, 1.54) is 11.3 Å². The van der Waals surface area contributed by atoms with Crippen molar-refractivity contribution in [3.63, 3.8) is 0 Å². The number of benzene rings is 1. The summed E-state index contributed by atoms with van der Waals surface area (Å²) < 4.78 is 0.867. The standard InChI is InChI=1S/C14H13Cl2N3OS2/c1-2-21-14-19-18-13(22-14)17-12(20)11-6-10(11)7-3-8(15)5-9(16)4-7/h3-5,10-11H,2,6H2,1H3,(H,17,18,20)/t10-,11-/m0/s1. The summed E-state index contributed by atoms with van der Waals surface area (Å²) in [6.07, 6.45) is 0.803. The van der Waals surface area contributed by atoms with E-state index in [4.69, 9.17) is 23.2 Å².